The van der Waals surface area contributed by atoms with Crippen molar-refractivity contribution in [2.45, 2.75) is 52.9 Å². The van der Waals surface area contributed by atoms with Crippen molar-refractivity contribution in [2.24, 2.45) is 0 Å². The molecule has 0 saturated carbocycles. The lowest BCUT2D eigenvalue weighted by Gasteiger charge is -2.15. The van der Waals surface area contributed by atoms with E-state index in [0.717, 1.165) is 19.3 Å². The molecular weight excluding hydrogens is 227 g/mol. The molecule has 0 N–H and O–H groups in total. The van der Waals surface area contributed by atoms with Crippen LogP contribution in [-0.2, 0) is 18.6 Å². The Morgan fingerprint density at radius 1 is 0.938 bits per heavy atom. The van der Waals surface area contributed by atoms with Crippen LogP contribution in [0.4, 0.5) is 0 Å². The molecule has 94 valence electrons. The van der Waals surface area contributed by atoms with E-state index in [-0.39, 0.29) is 11.9 Å². The van der Waals surface area contributed by atoms with E-state index in [1.807, 2.05) is 0 Å². The average Bonchev–Trinajstić information content (AvgIpc) is 2.28. The summed E-state index contributed by atoms with van der Waals surface area (Å²) in [5.41, 5.74) is 0. The van der Waals surface area contributed by atoms with Crippen molar-refractivity contribution in [3.05, 3.63) is 0 Å². The van der Waals surface area contributed by atoms with Crippen molar-refractivity contribution in [3.63, 3.8) is 0 Å². The topological polar surface area (TPSA) is 52.6 Å². The van der Waals surface area contributed by atoms with Gasteiger partial charge in [0.15, 0.2) is 0 Å². The highest BCUT2D eigenvalue weighted by atomic mass is 31.2. The molecule has 4 nitrogen and oxygen atoms in total. The first kappa shape index (κ1) is 15.4. The normalized spacial score (nSPS) is 10.2. The Morgan fingerprint density at radius 2 is 1.44 bits per heavy atom. The number of hydrogen-bond donors (Lipinski definition) is 0. The highest BCUT2D eigenvalue weighted by Crippen LogP contribution is 2.40. The fourth-order valence-electron chi connectivity index (χ4n) is 0.957. The van der Waals surface area contributed by atoms with Gasteiger partial charge in [0.25, 0.3) is 8.38 Å². The van der Waals surface area contributed by atoms with Gasteiger partial charge >= 0.3 is 11.9 Å². The molecule has 0 aliphatic carbocycles. The molecular formula is C11H21O4P. The van der Waals surface area contributed by atoms with Crippen LogP contribution in [0.25, 0.3) is 0 Å². The van der Waals surface area contributed by atoms with Crippen LogP contribution in [0.1, 0.15) is 52.9 Å². The second-order valence-corrected chi connectivity index (χ2v) is 4.87. The summed E-state index contributed by atoms with van der Waals surface area (Å²) in [6.45, 7) is 5.55. The minimum absolute atomic E-state index is 0.300. The van der Waals surface area contributed by atoms with Gasteiger partial charge in [-0.15, -0.1) is 0 Å². The van der Waals surface area contributed by atoms with E-state index in [0.29, 0.717) is 19.0 Å². The van der Waals surface area contributed by atoms with Crippen molar-refractivity contribution >= 4 is 20.3 Å². The van der Waals surface area contributed by atoms with Gasteiger partial charge in [-0.25, -0.2) is 0 Å². The molecule has 0 bridgehead atoms. The summed E-state index contributed by atoms with van der Waals surface area (Å²) < 4.78 is 10.2. The minimum Gasteiger partial charge on any atom is -0.407 e. The van der Waals surface area contributed by atoms with E-state index in [9.17, 15) is 9.59 Å². The predicted octanol–water partition coefficient (Wildman–Crippen LogP) is 3.39. The molecule has 0 radical (unpaired) electrons. The molecule has 16 heavy (non-hydrogen) atoms. The molecule has 0 spiro atoms. The molecule has 0 saturated heterocycles. The molecule has 0 aromatic heterocycles. The maximum absolute atomic E-state index is 11.1. The summed E-state index contributed by atoms with van der Waals surface area (Å²) in [5.74, 6) is -0.599. The van der Waals surface area contributed by atoms with Crippen molar-refractivity contribution in [3.8, 4) is 0 Å². The van der Waals surface area contributed by atoms with Crippen LogP contribution in [0.15, 0.2) is 0 Å². The van der Waals surface area contributed by atoms with Crippen LogP contribution >= 0.6 is 8.38 Å². The summed E-state index contributed by atoms with van der Waals surface area (Å²) in [6.07, 6.45) is 4.36. The third-order valence-electron chi connectivity index (χ3n) is 1.93. The zero-order valence-electron chi connectivity index (χ0n) is 10.3. The van der Waals surface area contributed by atoms with Crippen LogP contribution in [0.5, 0.6) is 0 Å². The molecule has 0 atom stereocenters. The first-order valence-corrected chi connectivity index (χ1v) is 7.19. The molecule has 0 amide bonds. The van der Waals surface area contributed by atoms with E-state index in [1.165, 1.54) is 0 Å². The summed E-state index contributed by atoms with van der Waals surface area (Å²) in [5, 5.41) is 0. The van der Waals surface area contributed by atoms with Crippen LogP contribution in [0.2, 0.25) is 0 Å². The Balaban J connectivity index is 4.04. The highest BCUT2D eigenvalue weighted by Gasteiger charge is 2.18. The average molecular weight is 248 g/mol. The molecule has 0 aliphatic rings. The Hall–Kier alpha value is -0.630. The van der Waals surface area contributed by atoms with Gasteiger partial charge in [-0.1, -0.05) is 33.6 Å². The van der Waals surface area contributed by atoms with Crippen molar-refractivity contribution < 1.29 is 18.6 Å². The Morgan fingerprint density at radius 3 is 1.81 bits per heavy atom. The van der Waals surface area contributed by atoms with Crippen molar-refractivity contribution in [1.82, 2.24) is 0 Å². The smallest absolute Gasteiger partial charge is 0.310 e. The van der Waals surface area contributed by atoms with Crippen LogP contribution in [-0.4, -0.2) is 18.1 Å². The third-order valence-corrected chi connectivity index (χ3v) is 3.42. The van der Waals surface area contributed by atoms with E-state index >= 15 is 0 Å². The molecule has 0 aromatic rings. The summed E-state index contributed by atoms with van der Waals surface area (Å²) >= 11 is 0. The quantitative estimate of drug-likeness (QED) is 0.488. The fraction of sp³-hybridized carbons (Fsp3) is 0.818. The van der Waals surface area contributed by atoms with E-state index in [4.69, 9.17) is 9.05 Å². The molecule has 0 fully saturated rings. The first-order chi connectivity index (χ1) is 7.63. The minimum atomic E-state index is -1.36. The highest BCUT2D eigenvalue weighted by molar-refractivity contribution is 7.48. The summed E-state index contributed by atoms with van der Waals surface area (Å²) in [7, 11) is -1.36. The number of carbonyl (C=O) groups is 2. The number of carbonyl (C=O) groups excluding carboxylic acids is 2. The largest absolute Gasteiger partial charge is 0.407 e. The van der Waals surface area contributed by atoms with Crippen molar-refractivity contribution in [2.75, 3.05) is 6.16 Å². The Kier molecular flexibility index (Phi) is 9.21. The van der Waals surface area contributed by atoms with Crippen molar-refractivity contribution in [1.29, 1.82) is 0 Å². The van der Waals surface area contributed by atoms with E-state index in [1.54, 1.807) is 13.8 Å². The van der Waals surface area contributed by atoms with Gasteiger partial charge in [0.05, 0.1) is 0 Å². The summed E-state index contributed by atoms with van der Waals surface area (Å²) in [4.78, 5) is 22.3. The second kappa shape index (κ2) is 9.59. The van der Waals surface area contributed by atoms with Gasteiger partial charge in [0.1, 0.15) is 0 Å². The van der Waals surface area contributed by atoms with E-state index < -0.39 is 8.38 Å². The third kappa shape index (κ3) is 7.63. The molecule has 0 aliphatic heterocycles. The SMILES string of the molecule is CCCCCP(OC(=O)CC)OC(=O)CC. The standard InChI is InChI=1S/C11H21O4P/c1-4-7-8-9-16(14-10(12)5-2)15-11(13)6-3/h4-9H2,1-3H3. The van der Waals surface area contributed by atoms with Gasteiger partial charge < -0.3 is 9.05 Å². The van der Waals surface area contributed by atoms with Gasteiger partial charge in [-0.3, -0.25) is 9.59 Å². The number of unbranched alkanes of at least 4 members (excludes halogenated alkanes) is 2. The maximum atomic E-state index is 11.1. The molecule has 0 aromatic carbocycles. The maximum Gasteiger partial charge on any atom is 0.310 e. The van der Waals surface area contributed by atoms with Gasteiger partial charge in [-0.2, -0.15) is 0 Å². The zero-order valence-corrected chi connectivity index (χ0v) is 11.2. The lowest BCUT2D eigenvalue weighted by atomic mass is 10.3. The van der Waals surface area contributed by atoms with Gasteiger partial charge in [0, 0.05) is 19.0 Å². The fourth-order valence-corrected chi connectivity index (χ4v) is 2.37. The Bertz CT molecular complexity index is 200. The zero-order chi connectivity index (χ0) is 12.4. The monoisotopic (exact) mass is 248 g/mol. The van der Waals surface area contributed by atoms with Crippen LogP contribution in [0.3, 0.4) is 0 Å². The molecule has 5 heteroatoms. The first-order valence-electron chi connectivity index (χ1n) is 5.83. The van der Waals surface area contributed by atoms with E-state index in [2.05, 4.69) is 6.92 Å². The lowest BCUT2D eigenvalue weighted by Crippen LogP contribution is -2.06. The predicted molar refractivity (Wildman–Crippen MR) is 64.1 cm³/mol. The second-order valence-electron chi connectivity index (χ2n) is 3.40. The molecule has 0 unspecified atom stereocenters. The number of hydrogen-bond acceptors (Lipinski definition) is 4. The molecule has 0 rings (SSSR count). The lowest BCUT2D eigenvalue weighted by molar-refractivity contribution is -0.137. The summed E-state index contributed by atoms with van der Waals surface area (Å²) in [6, 6.07) is 0. The van der Waals surface area contributed by atoms with Gasteiger partial charge in [-0.05, 0) is 6.42 Å². The Labute approximate surface area is 98.6 Å². The van der Waals surface area contributed by atoms with Gasteiger partial charge in [0.2, 0.25) is 0 Å². The van der Waals surface area contributed by atoms with Crippen LogP contribution in [0, 0.1) is 0 Å². The molecule has 0 heterocycles. The van der Waals surface area contributed by atoms with Crippen LogP contribution < -0.4 is 0 Å². The number of rotatable bonds is 8.